The molecule has 1 aliphatic heterocycles. The summed E-state index contributed by atoms with van der Waals surface area (Å²) in [7, 11) is 0. The lowest BCUT2D eigenvalue weighted by Gasteiger charge is -2.40. The maximum absolute atomic E-state index is 14.4. The molecule has 2 fully saturated rings. The number of ketones is 2. The van der Waals surface area contributed by atoms with Crippen LogP contribution < -0.4 is 11.1 Å². The van der Waals surface area contributed by atoms with Crippen LogP contribution in [0.5, 0.6) is 0 Å². The van der Waals surface area contributed by atoms with Gasteiger partial charge in [-0.1, -0.05) is 50.1 Å². The number of fused-ring (bicyclic) bond motifs is 2. The molecular weight excluding hydrogens is 598 g/mol. The number of nitrogens with one attached hydrogen (secondary N) is 1. The summed E-state index contributed by atoms with van der Waals surface area (Å²) in [5, 5.41) is 23.8. The Morgan fingerprint density at radius 1 is 1.15 bits per heavy atom. The first-order valence-corrected chi connectivity index (χ1v) is 17.1. The molecule has 0 amide bonds. The summed E-state index contributed by atoms with van der Waals surface area (Å²) in [5.74, 6) is -1.06. The predicted molar refractivity (Wildman–Crippen MR) is 178 cm³/mol. The first-order valence-electron chi connectivity index (χ1n) is 17.1. The number of hydrogen-bond donors (Lipinski definition) is 4. The number of anilines is 1. The Kier molecular flexibility index (Phi) is 11.0. The number of benzene rings is 1. The molecule has 0 unspecified atom stereocenters. The molecule has 10 heteroatoms. The Bertz CT molecular complexity index is 1510. The van der Waals surface area contributed by atoms with Crippen LogP contribution in [0.4, 0.5) is 5.82 Å². The molecule has 2 aliphatic carbocycles. The molecule has 1 aromatic carbocycles. The van der Waals surface area contributed by atoms with Crippen molar-refractivity contribution in [2.75, 3.05) is 25.5 Å². The number of esters is 1. The van der Waals surface area contributed by atoms with E-state index in [4.69, 9.17) is 15.2 Å². The van der Waals surface area contributed by atoms with Crippen molar-refractivity contribution in [3.63, 3.8) is 0 Å². The van der Waals surface area contributed by atoms with Gasteiger partial charge in [0.05, 0.1) is 6.61 Å². The van der Waals surface area contributed by atoms with Gasteiger partial charge in [0.2, 0.25) is 5.78 Å². The number of carbonyl (C=O) groups is 3. The van der Waals surface area contributed by atoms with Crippen molar-refractivity contribution in [3.8, 4) is 0 Å². The molecule has 0 bridgehead atoms. The minimum absolute atomic E-state index is 0.0206. The van der Waals surface area contributed by atoms with Crippen LogP contribution >= 0.6 is 0 Å². The van der Waals surface area contributed by atoms with Crippen LogP contribution in [0.15, 0.2) is 53.7 Å². The summed E-state index contributed by atoms with van der Waals surface area (Å²) in [6, 6.07) is 10.2. The zero-order valence-corrected chi connectivity index (χ0v) is 27.8. The summed E-state index contributed by atoms with van der Waals surface area (Å²) in [6.45, 7) is 6.43. The van der Waals surface area contributed by atoms with E-state index in [-0.39, 0.29) is 42.7 Å². The van der Waals surface area contributed by atoms with Gasteiger partial charge in [-0.05, 0) is 87.6 Å². The van der Waals surface area contributed by atoms with E-state index in [0.29, 0.717) is 43.0 Å². The maximum Gasteiger partial charge on any atom is 0.350 e. The molecule has 1 aromatic heterocycles. The van der Waals surface area contributed by atoms with Gasteiger partial charge in [-0.3, -0.25) is 9.59 Å². The second kappa shape index (κ2) is 14.8. The molecule has 1 saturated carbocycles. The Morgan fingerprint density at radius 3 is 2.55 bits per heavy atom. The van der Waals surface area contributed by atoms with Crippen LogP contribution in [0.3, 0.4) is 0 Å². The van der Waals surface area contributed by atoms with Crippen molar-refractivity contribution < 1.29 is 34.1 Å². The Balaban J connectivity index is 1.48. The van der Waals surface area contributed by atoms with Crippen LogP contribution in [0, 0.1) is 11.8 Å². The highest BCUT2D eigenvalue weighted by Gasteiger charge is 2.85. The minimum Gasteiger partial charge on any atom is -0.459 e. The normalized spacial score (nSPS) is 27.8. The minimum atomic E-state index is -2.15. The number of nitrogens with two attached hydrogens (primary N) is 1. The molecule has 5 N–H and O–H groups in total. The summed E-state index contributed by atoms with van der Waals surface area (Å²) >= 11 is 0. The highest BCUT2D eigenvalue weighted by Crippen LogP contribution is 2.59. The highest BCUT2D eigenvalue weighted by molar-refractivity contribution is 6.33. The number of aliphatic hydroxyl groups excluding tert-OH is 2. The fourth-order valence-corrected chi connectivity index (χ4v) is 7.77. The predicted octanol–water partition coefficient (Wildman–Crippen LogP) is 4.37. The lowest BCUT2D eigenvalue weighted by molar-refractivity contribution is -0.159. The Morgan fingerprint density at radius 2 is 1.89 bits per heavy atom. The Hall–Kier alpha value is -3.44. The number of allylic oxidation sites excluding steroid dienone is 1. The van der Waals surface area contributed by atoms with Crippen LogP contribution in [-0.2, 0) is 20.7 Å². The van der Waals surface area contributed by atoms with Crippen LogP contribution in [-0.4, -0.2) is 75.8 Å². The lowest BCUT2D eigenvalue weighted by atomic mass is 9.71. The van der Waals surface area contributed by atoms with Crippen molar-refractivity contribution in [2.24, 2.45) is 11.8 Å². The Labute approximate surface area is 277 Å². The van der Waals surface area contributed by atoms with Crippen molar-refractivity contribution >= 4 is 23.4 Å². The molecule has 3 aliphatic rings. The number of pyridine rings is 1. The van der Waals surface area contributed by atoms with Gasteiger partial charge in [-0.2, -0.15) is 0 Å². The molecule has 10 nitrogen and oxygen atoms in total. The average Bonchev–Trinajstić information content (AvgIpc) is 3.79. The van der Waals surface area contributed by atoms with E-state index >= 15 is 0 Å². The molecule has 0 radical (unpaired) electrons. The number of hydrogen-bond acceptors (Lipinski definition) is 10. The number of Topliss-reactive ketones (excluding diaryl/α,β-unsaturated/α-hetero) is 2. The lowest BCUT2D eigenvalue weighted by Crippen LogP contribution is -2.53. The average molecular weight is 648 g/mol. The van der Waals surface area contributed by atoms with Crippen molar-refractivity contribution in [3.05, 3.63) is 70.4 Å². The summed E-state index contributed by atoms with van der Waals surface area (Å²) in [6.07, 6.45) is 6.86. The number of aromatic nitrogens is 1. The molecule has 0 spiro atoms. The number of ether oxygens (including phenoxy) is 2. The van der Waals surface area contributed by atoms with Crippen LogP contribution in [0.25, 0.3) is 0 Å². The van der Waals surface area contributed by atoms with Gasteiger partial charge in [0.25, 0.3) is 5.60 Å². The van der Waals surface area contributed by atoms with Gasteiger partial charge in [0, 0.05) is 42.3 Å². The first kappa shape index (κ1) is 34.9. The summed E-state index contributed by atoms with van der Waals surface area (Å²) < 4.78 is 12.5. The smallest absolute Gasteiger partial charge is 0.350 e. The molecule has 254 valence electrons. The van der Waals surface area contributed by atoms with Crippen LogP contribution in [0.1, 0.15) is 98.4 Å². The largest absolute Gasteiger partial charge is 0.459 e. The third kappa shape index (κ3) is 6.66. The van der Waals surface area contributed by atoms with E-state index in [1.165, 1.54) is 0 Å². The number of nitrogens with zero attached hydrogens (tertiary/aromatic N) is 1. The van der Waals surface area contributed by atoms with E-state index in [0.717, 1.165) is 43.4 Å². The second-order valence-electron chi connectivity index (χ2n) is 13.3. The molecular formula is C37H49N3O7. The standard InChI is InChI=1S/C37H49N3O7/c1-4-24-14-15-30(39-5-2)29(19-24)31(11-8-18-41)46-35(45)37-34(44)28-10-7-6-9-27(28)33(43)36(37,47-37)21-26(22-42)23(3)12-13-25-16-17-40-32(38)20-25/h6-7,9-10,16-17,20,24,29-31,39,41-42H,4-5,8,11-15,18-19,21-22H2,1-3H3,(H2,38,40)/b26-23-/t24-,29+,30+,31+,36+,37+/m1/s1. The maximum atomic E-state index is 14.4. The third-order valence-electron chi connectivity index (χ3n) is 10.6. The summed E-state index contributed by atoms with van der Waals surface area (Å²) in [4.78, 5) is 47.0. The molecule has 1 saturated heterocycles. The highest BCUT2D eigenvalue weighted by atomic mass is 16.7. The van der Waals surface area contributed by atoms with Crippen LogP contribution in [0.2, 0.25) is 0 Å². The van der Waals surface area contributed by atoms with Crippen molar-refractivity contribution in [1.82, 2.24) is 10.3 Å². The fourth-order valence-electron chi connectivity index (χ4n) is 7.77. The molecule has 5 rings (SSSR count). The first-order chi connectivity index (χ1) is 22.6. The van der Waals surface area contributed by atoms with E-state index in [9.17, 15) is 24.6 Å². The van der Waals surface area contributed by atoms with Gasteiger partial charge in [0.15, 0.2) is 11.4 Å². The monoisotopic (exact) mass is 647 g/mol. The number of epoxide rings is 1. The quantitative estimate of drug-likeness (QED) is 0.0944. The second-order valence-corrected chi connectivity index (χ2v) is 13.3. The molecule has 6 atom stereocenters. The number of carbonyl (C=O) groups excluding carboxylic acids is 3. The van der Waals surface area contributed by atoms with E-state index in [1.54, 1.807) is 36.5 Å². The SMILES string of the molecule is CCN[C@H]1CC[C@@H](CC)C[C@@H]1[C@H](CCCO)OC(=O)[C@]12O[C@@]1(C/C(CO)=C(\C)CCc1ccnc(N)c1)C(=O)c1ccccc1C2=O. The van der Waals surface area contributed by atoms with E-state index in [1.807, 2.05) is 19.9 Å². The van der Waals surface area contributed by atoms with Crippen molar-refractivity contribution in [1.29, 1.82) is 0 Å². The molecule has 2 heterocycles. The fraction of sp³-hybridized carbons (Fsp3) is 0.568. The summed E-state index contributed by atoms with van der Waals surface area (Å²) in [5.41, 5.74) is 4.54. The number of aryl methyl sites for hydroxylation is 1. The zero-order chi connectivity index (χ0) is 33.8. The zero-order valence-electron chi connectivity index (χ0n) is 27.8. The van der Waals surface area contributed by atoms with Gasteiger partial charge < -0.3 is 30.7 Å². The van der Waals surface area contributed by atoms with Gasteiger partial charge >= 0.3 is 5.97 Å². The van der Waals surface area contributed by atoms with Gasteiger partial charge in [0.1, 0.15) is 11.9 Å². The van der Waals surface area contributed by atoms with Crippen molar-refractivity contribution in [2.45, 2.75) is 102 Å². The van der Waals surface area contributed by atoms with E-state index < -0.39 is 34.8 Å². The number of rotatable bonds is 15. The third-order valence-corrected chi connectivity index (χ3v) is 10.6. The number of aliphatic hydroxyl groups is 2. The van der Waals surface area contributed by atoms with Gasteiger partial charge in [-0.25, -0.2) is 9.78 Å². The molecule has 47 heavy (non-hydrogen) atoms. The topological polar surface area (TPSA) is 164 Å². The van der Waals surface area contributed by atoms with E-state index in [2.05, 4.69) is 17.2 Å². The van der Waals surface area contributed by atoms with Gasteiger partial charge in [-0.15, -0.1) is 0 Å². The number of nitrogen functional groups attached to an aromatic ring is 1. The molecule has 2 aromatic rings.